The van der Waals surface area contributed by atoms with Gasteiger partial charge in [0.25, 0.3) is 5.91 Å². The number of para-hydroxylation sites is 1. The van der Waals surface area contributed by atoms with Crippen LogP contribution in [0, 0.1) is 13.8 Å². The Bertz CT molecular complexity index is 1220. The minimum atomic E-state index is -0.920. The second-order valence-corrected chi connectivity index (χ2v) is 9.13. The molecule has 3 aromatic rings. The average Bonchev–Trinajstić information content (AvgIpc) is 2.88. The van der Waals surface area contributed by atoms with Gasteiger partial charge in [-0.1, -0.05) is 29.8 Å². The predicted molar refractivity (Wildman–Crippen MR) is 146 cm³/mol. The van der Waals surface area contributed by atoms with E-state index in [0.717, 1.165) is 16.8 Å². The third-order valence-corrected chi connectivity index (χ3v) is 6.30. The number of carboxylic acids is 1. The fourth-order valence-electron chi connectivity index (χ4n) is 4.19. The standard InChI is InChI=1S/C29H31ClN2O5/c1-20-6-4-7-21(2)28(20)32(29(36)22-9-11-23(30)12-10-22)19-17-26(33)31(18-5-8-27(34)35)24-13-15-25(37-3)16-14-24/h4,6-7,9-16H,5,8,17-19H2,1-3H3,(H,34,35). The van der Waals surface area contributed by atoms with Gasteiger partial charge in [-0.25, -0.2) is 0 Å². The van der Waals surface area contributed by atoms with Crippen molar-refractivity contribution in [1.82, 2.24) is 0 Å². The van der Waals surface area contributed by atoms with E-state index in [-0.39, 0.29) is 37.7 Å². The summed E-state index contributed by atoms with van der Waals surface area (Å²) in [6.07, 6.45) is 0.299. The summed E-state index contributed by atoms with van der Waals surface area (Å²) in [5.74, 6) is -0.715. The third kappa shape index (κ3) is 7.33. The van der Waals surface area contributed by atoms with Crippen LogP contribution in [0.3, 0.4) is 0 Å². The summed E-state index contributed by atoms with van der Waals surface area (Å²) >= 11 is 6.02. The average molecular weight is 523 g/mol. The third-order valence-electron chi connectivity index (χ3n) is 6.05. The number of hydrogen-bond donors (Lipinski definition) is 1. The van der Waals surface area contributed by atoms with Crippen molar-refractivity contribution in [3.63, 3.8) is 0 Å². The van der Waals surface area contributed by atoms with Crippen LogP contribution in [0.4, 0.5) is 11.4 Å². The monoisotopic (exact) mass is 522 g/mol. The number of anilines is 2. The molecule has 8 heteroatoms. The van der Waals surface area contributed by atoms with Gasteiger partial charge in [0.2, 0.25) is 5.91 Å². The summed E-state index contributed by atoms with van der Waals surface area (Å²) in [6.45, 7) is 4.26. The molecule has 0 fully saturated rings. The lowest BCUT2D eigenvalue weighted by molar-refractivity contribution is -0.137. The summed E-state index contributed by atoms with van der Waals surface area (Å²) in [4.78, 5) is 41.4. The highest BCUT2D eigenvalue weighted by atomic mass is 35.5. The quantitative estimate of drug-likeness (QED) is 0.339. The molecule has 3 rings (SSSR count). The van der Waals surface area contributed by atoms with Crippen LogP contribution in [0.1, 0.15) is 40.7 Å². The number of halogens is 1. The SMILES string of the molecule is COc1ccc(N(CCCC(=O)O)C(=O)CCN(C(=O)c2ccc(Cl)cc2)c2c(C)cccc2C)cc1. The van der Waals surface area contributed by atoms with Crippen LogP contribution in [0.2, 0.25) is 5.02 Å². The highest BCUT2D eigenvalue weighted by Crippen LogP contribution is 2.28. The molecule has 0 saturated carbocycles. The van der Waals surface area contributed by atoms with Gasteiger partial charge in [-0.3, -0.25) is 14.4 Å². The zero-order valence-corrected chi connectivity index (χ0v) is 22.0. The van der Waals surface area contributed by atoms with Crippen molar-refractivity contribution in [2.24, 2.45) is 0 Å². The number of carbonyl (C=O) groups excluding carboxylic acids is 2. The van der Waals surface area contributed by atoms with Crippen molar-refractivity contribution >= 4 is 40.8 Å². The molecule has 2 amide bonds. The van der Waals surface area contributed by atoms with Crippen LogP contribution < -0.4 is 14.5 Å². The molecule has 3 aromatic carbocycles. The van der Waals surface area contributed by atoms with Gasteiger partial charge < -0.3 is 19.6 Å². The number of rotatable bonds is 11. The van der Waals surface area contributed by atoms with E-state index >= 15 is 0 Å². The largest absolute Gasteiger partial charge is 0.497 e. The number of benzene rings is 3. The minimum absolute atomic E-state index is 0.0478. The van der Waals surface area contributed by atoms with Crippen molar-refractivity contribution in [3.8, 4) is 5.75 Å². The maximum absolute atomic E-state index is 13.6. The van der Waals surface area contributed by atoms with E-state index < -0.39 is 5.97 Å². The fraction of sp³-hybridized carbons (Fsp3) is 0.276. The first-order valence-electron chi connectivity index (χ1n) is 12.0. The van der Waals surface area contributed by atoms with E-state index in [1.807, 2.05) is 32.0 Å². The van der Waals surface area contributed by atoms with Gasteiger partial charge in [0, 0.05) is 47.9 Å². The van der Waals surface area contributed by atoms with Crippen molar-refractivity contribution in [1.29, 1.82) is 0 Å². The van der Waals surface area contributed by atoms with Crippen LogP contribution in [-0.4, -0.2) is 43.1 Å². The van der Waals surface area contributed by atoms with Gasteiger partial charge in [0.1, 0.15) is 5.75 Å². The summed E-state index contributed by atoms with van der Waals surface area (Å²) in [5.41, 5.74) is 3.70. The summed E-state index contributed by atoms with van der Waals surface area (Å²) in [7, 11) is 1.56. The second kappa shape index (κ2) is 12.9. The first-order valence-corrected chi connectivity index (χ1v) is 12.4. The number of aryl methyl sites for hydroxylation is 2. The zero-order chi connectivity index (χ0) is 26.9. The molecule has 0 spiro atoms. The number of aliphatic carboxylic acids is 1. The van der Waals surface area contributed by atoms with Crippen LogP contribution >= 0.6 is 11.6 Å². The molecule has 0 aromatic heterocycles. The van der Waals surface area contributed by atoms with Gasteiger partial charge in [-0.05, 0) is 79.9 Å². The Morgan fingerprint density at radius 3 is 2.03 bits per heavy atom. The fourth-order valence-corrected chi connectivity index (χ4v) is 4.31. The van der Waals surface area contributed by atoms with Crippen LogP contribution in [0.15, 0.2) is 66.7 Å². The van der Waals surface area contributed by atoms with Crippen molar-refractivity contribution in [3.05, 3.63) is 88.4 Å². The Hall–Kier alpha value is -3.84. The Morgan fingerprint density at radius 1 is 0.838 bits per heavy atom. The van der Waals surface area contributed by atoms with E-state index in [4.69, 9.17) is 21.4 Å². The number of ether oxygens (including phenoxy) is 1. The van der Waals surface area contributed by atoms with Gasteiger partial charge in [0.05, 0.1) is 7.11 Å². The highest BCUT2D eigenvalue weighted by molar-refractivity contribution is 6.30. The molecule has 37 heavy (non-hydrogen) atoms. The van der Waals surface area contributed by atoms with Crippen LogP contribution in [-0.2, 0) is 9.59 Å². The molecule has 0 bridgehead atoms. The molecule has 0 saturated heterocycles. The van der Waals surface area contributed by atoms with Crippen molar-refractivity contribution < 1.29 is 24.2 Å². The van der Waals surface area contributed by atoms with E-state index in [1.165, 1.54) is 0 Å². The molecule has 194 valence electrons. The number of hydrogen-bond acceptors (Lipinski definition) is 4. The lowest BCUT2D eigenvalue weighted by Gasteiger charge is -2.28. The highest BCUT2D eigenvalue weighted by Gasteiger charge is 2.24. The number of carbonyl (C=O) groups is 3. The maximum atomic E-state index is 13.6. The molecule has 0 atom stereocenters. The number of nitrogens with zero attached hydrogens (tertiary/aromatic N) is 2. The van der Waals surface area contributed by atoms with Crippen LogP contribution in [0.25, 0.3) is 0 Å². The van der Waals surface area contributed by atoms with Gasteiger partial charge in [0.15, 0.2) is 0 Å². The van der Waals surface area contributed by atoms with E-state index in [0.29, 0.717) is 28.4 Å². The lowest BCUT2D eigenvalue weighted by Crippen LogP contribution is -2.38. The first kappa shape index (κ1) is 27.7. The smallest absolute Gasteiger partial charge is 0.303 e. The number of amides is 2. The summed E-state index contributed by atoms with van der Waals surface area (Å²) in [5, 5.41) is 9.60. The maximum Gasteiger partial charge on any atom is 0.303 e. The van der Waals surface area contributed by atoms with E-state index in [9.17, 15) is 14.4 Å². The lowest BCUT2D eigenvalue weighted by atomic mass is 10.1. The summed E-state index contributed by atoms with van der Waals surface area (Å²) in [6, 6.07) is 19.5. The first-order chi connectivity index (χ1) is 17.7. The molecule has 0 aliphatic carbocycles. The van der Waals surface area contributed by atoms with E-state index in [2.05, 4.69) is 0 Å². The van der Waals surface area contributed by atoms with Gasteiger partial charge in [-0.15, -0.1) is 0 Å². The van der Waals surface area contributed by atoms with Crippen molar-refractivity contribution in [2.75, 3.05) is 30.0 Å². The Morgan fingerprint density at radius 2 is 1.46 bits per heavy atom. The molecule has 0 radical (unpaired) electrons. The topological polar surface area (TPSA) is 87.2 Å². The molecule has 1 N–H and O–H groups in total. The Balaban J connectivity index is 1.88. The number of methoxy groups -OCH3 is 1. The molecule has 0 aliphatic rings. The second-order valence-electron chi connectivity index (χ2n) is 8.69. The van der Waals surface area contributed by atoms with E-state index in [1.54, 1.807) is 65.4 Å². The summed E-state index contributed by atoms with van der Waals surface area (Å²) < 4.78 is 5.21. The normalized spacial score (nSPS) is 10.6. The van der Waals surface area contributed by atoms with Gasteiger partial charge >= 0.3 is 5.97 Å². The Labute approximate surface area is 222 Å². The molecular formula is C29H31ClN2O5. The van der Waals surface area contributed by atoms with Gasteiger partial charge in [-0.2, -0.15) is 0 Å². The predicted octanol–water partition coefficient (Wildman–Crippen LogP) is 5.90. The van der Waals surface area contributed by atoms with Crippen molar-refractivity contribution in [2.45, 2.75) is 33.1 Å². The molecule has 7 nitrogen and oxygen atoms in total. The molecule has 0 aliphatic heterocycles. The zero-order valence-electron chi connectivity index (χ0n) is 21.2. The number of carboxylic acid groups (broad SMARTS) is 1. The molecular weight excluding hydrogens is 492 g/mol. The Kier molecular flexibility index (Phi) is 9.69. The molecule has 0 heterocycles. The molecule has 0 unspecified atom stereocenters. The minimum Gasteiger partial charge on any atom is -0.497 e. The van der Waals surface area contributed by atoms with Crippen LogP contribution in [0.5, 0.6) is 5.75 Å².